The molecule has 4 heteroatoms. The highest BCUT2D eigenvalue weighted by Gasteiger charge is 2.23. The van der Waals surface area contributed by atoms with Crippen LogP contribution in [0.2, 0.25) is 0 Å². The number of nitrogens with two attached hydrogens (primary N) is 1. The van der Waals surface area contributed by atoms with Crippen LogP contribution in [0.5, 0.6) is 0 Å². The van der Waals surface area contributed by atoms with Crippen molar-refractivity contribution in [3.8, 4) is 0 Å². The highest BCUT2D eigenvalue weighted by molar-refractivity contribution is 5.31. The lowest BCUT2D eigenvalue weighted by molar-refractivity contribution is 0.0317. The van der Waals surface area contributed by atoms with Crippen molar-refractivity contribution >= 4 is 0 Å². The van der Waals surface area contributed by atoms with E-state index in [0.29, 0.717) is 0 Å². The maximum absolute atomic E-state index is 6.24. The summed E-state index contributed by atoms with van der Waals surface area (Å²) in [5.74, 6) is 0. The molecule has 2 aromatic rings. The van der Waals surface area contributed by atoms with Gasteiger partial charge in [0.1, 0.15) is 0 Å². The summed E-state index contributed by atoms with van der Waals surface area (Å²) in [5.41, 5.74) is 9.82. The van der Waals surface area contributed by atoms with Crippen molar-refractivity contribution in [2.24, 2.45) is 12.8 Å². The minimum Gasteiger partial charge on any atom is -0.373 e. The number of fused-ring (bicyclic) bond motifs is 1. The summed E-state index contributed by atoms with van der Waals surface area (Å²) in [7, 11) is 1.91. The first-order valence-corrected chi connectivity index (χ1v) is 6.68. The first kappa shape index (κ1) is 12.4. The molecule has 19 heavy (non-hydrogen) atoms. The smallest absolute Gasteiger partial charge is 0.0846 e. The zero-order chi connectivity index (χ0) is 13.2. The minimum atomic E-state index is -0.0858. The molecule has 1 aromatic heterocycles. The van der Waals surface area contributed by atoms with Gasteiger partial charge in [-0.15, -0.1) is 0 Å². The van der Waals surface area contributed by atoms with Crippen LogP contribution >= 0.6 is 0 Å². The lowest BCUT2D eigenvalue weighted by Crippen LogP contribution is -2.22. The first-order valence-electron chi connectivity index (χ1n) is 6.68. The van der Waals surface area contributed by atoms with Crippen molar-refractivity contribution < 1.29 is 4.74 Å². The molecule has 0 spiro atoms. The van der Waals surface area contributed by atoms with Crippen LogP contribution in [0.25, 0.3) is 0 Å². The van der Waals surface area contributed by atoms with E-state index in [9.17, 15) is 0 Å². The van der Waals surface area contributed by atoms with Gasteiger partial charge in [-0.05, 0) is 30.0 Å². The Kier molecular flexibility index (Phi) is 3.36. The van der Waals surface area contributed by atoms with Gasteiger partial charge < -0.3 is 10.5 Å². The molecule has 1 aliphatic rings. The molecule has 0 radical (unpaired) electrons. The number of hydrogen-bond acceptors (Lipinski definition) is 3. The third-order valence-corrected chi connectivity index (χ3v) is 3.67. The highest BCUT2D eigenvalue weighted by Crippen LogP contribution is 2.32. The van der Waals surface area contributed by atoms with Gasteiger partial charge in [-0.25, -0.2) is 0 Å². The van der Waals surface area contributed by atoms with Gasteiger partial charge >= 0.3 is 0 Å². The molecule has 0 saturated heterocycles. The fourth-order valence-electron chi connectivity index (χ4n) is 2.65. The number of aryl methyl sites for hydroxylation is 1. The molecule has 1 aromatic carbocycles. The van der Waals surface area contributed by atoms with Gasteiger partial charge in [0.05, 0.1) is 24.4 Å². The molecule has 2 atom stereocenters. The third kappa shape index (κ3) is 2.55. The average Bonchev–Trinajstić information content (AvgIpc) is 2.86. The Morgan fingerprint density at radius 1 is 1.42 bits per heavy atom. The molecule has 2 heterocycles. The molecule has 3 rings (SSSR count). The Morgan fingerprint density at radius 3 is 3.05 bits per heavy atom. The average molecular weight is 257 g/mol. The molecule has 1 aliphatic heterocycles. The van der Waals surface area contributed by atoms with Gasteiger partial charge in [0.15, 0.2) is 0 Å². The standard InChI is InChI=1S/C15H19N3O/c1-18-8-6-14(17-18)13(16)10-15-12-5-3-2-4-11(12)7-9-19-15/h2-6,8,13,15H,7,9-10,16H2,1H3. The van der Waals surface area contributed by atoms with Crippen molar-refractivity contribution in [1.29, 1.82) is 0 Å². The predicted molar refractivity (Wildman–Crippen MR) is 73.6 cm³/mol. The zero-order valence-corrected chi connectivity index (χ0v) is 11.1. The summed E-state index contributed by atoms with van der Waals surface area (Å²) in [6.07, 6.45) is 3.77. The number of nitrogens with zero attached hydrogens (tertiary/aromatic N) is 2. The van der Waals surface area contributed by atoms with E-state index in [1.54, 1.807) is 4.68 Å². The summed E-state index contributed by atoms with van der Waals surface area (Å²) in [6.45, 7) is 0.774. The van der Waals surface area contributed by atoms with Crippen LogP contribution in [0.1, 0.15) is 35.4 Å². The Hall–Kier alpha value is -1.65. The molecule has 0 bridgehead atoms. The van der Waals surface area contributed by atoms with Crippen molar-refractivity contribution in [3.63, 3.8) is 0 Å². The number of aromatic nitrogens is 2. The van der Waals surface area contributed by atoms with Gasteiger partial charge in [0.2, 0.25) is 0 Å². The molecular weight excluding hydrogens is 238 g/mol. The molecule has 0 saturated carbocycles. The van der Waals surface area contributed by atoms with E-state index in [1.165, 1.54) is 11.1 Å². The monoisotopic (exact) mass is 257 g/mol. The fraction of sp³-hybridized carbons (Fsp3) is 0.400. The minimum absolute atomic E-state index is 0.0851. The number of ether oxygens (including phenoxy) is 1. The van der Waals surface area contributed by atoms with Gasteiger partial charge in [-0.2, -0.15) is 5.10 Å². The van der Waals surface area contributed by atoms with Gasteiger partial charge in [0, 0.05) is 13.2 Å². The van der Waals surface area contributed by atoms with Crippen molar-refractivity contribution in [2.45, 2.75) is 25.0 Å². The largest absolute Gasteiger partial charge is 0.373 e. The maximum atomic E-state index is 6.24. The van der Waals surface area contributed by atoms with Crippen molar-refractivity contribution in [3.05, 3.63) is 53.3 Å². The number of rotatable bonds is 3. The molecule has 2 unspecified atom stereocenters. The van der Waals surface area contributed by atoms with E-state index in [0.717, 1.165) is 25.1 Å². The van der Waals surface area contributed by atoms with Crippen LogP contribution in [0.15, 0.2) is 36.5 Å². The Balaban J connectivity index is 1.77. The summed E-state index contributed by atoms with van der Waals surface area (Å²) >= 11 is 0. The van der Waals surface area contributed by atoms with E-state index in [2.05, 4.69) is 29.4 Å². The van der Waals surface area contributed by atoms with Crippen molar-refractivity contribution in [2.75, 3.05) is 6.61 Å². The van der Waals surface area contributed by atoms with Gasteiger partial charge in [-0.1, -0.05) is 24.3 Å². The zero-order valence-electron chi connectivity index (χ0n) is 11.1. The second-order valence-corrected chi connectivity index (χ2v) is 5.06. The second-order valence-electron chi connectivity index (χ2n) is 5.06. The van der Waals surface area contributed by atoms with Crippen LogP contribution in [-0.2, 0) is 18.2 Å². The summed E-state index contributed by atoms with van der Waals surface area (Å²) in [5, 5.41) is 4.37. The van der Waals surface area contributed by atoms with Gasteiger partial charge in [-0.3, -0.25) is 4.68 Å². The third-order valence-electron chi connectivity index (χ3n) is 3.67. The van der Waals surface area contributed by atoms with Crippen LogP contribution < -0.4 is 5.73 Å². The fourth-order valence-corrected chi connectivity index (χ4v) is 2.65. The van der Waals surface area contributed by atoms with Crippen molar-refractivity contribution in [1.82, 2.24) is 9.78 Å². The van der Waals surface area contributed by atoms with Crippen LogP contribution in [0, 0.1) is 0 Å². The summed E-state index contributed by atoms with van der Waals surface area (Å²) in [4.78, 5) is 0. The van der Waals surface area contributed by atoms with E-state index in [-0.39, 0.29) is 12.1 Å². The topological polar surface area (TPSA) is 53.1 Å². The molecule has 0 amide bonds. The Labute approximate surface area is 113 Å². The highest BCUT2D eigenvalue weighted by atomic mass is 16.5. The predicted octanol–water partition coefficient (Wildman–Crippen LogP) is 2.12. The normalized spacial score (nSPS) is 20.0. The van der Waals surface area contributed by atoms with E-state index in [4.69, 9.17) is 10.5 Å². The van der Waals surface area contributed by atoms with E-state index < -0.39 is 0 Å². The molecular formula is C15H19N3O. The molecule has 2 N–H and O–H groups in total. The molecule has 4 nitrogen and oxygen atoms in total. The quantitative estimate of drug-likeness (QED) is 0.916. The van der Waals surface area contributed by atoms with Crippen LogP contribution in [0.4, 0.5) is 0 Å². The Bertz CT molecular complexity index is 564. The number of hydrogen-bond donors (Lipinski definition) is 1. The Morgan fingerprint density at radius 2 is 2.26 bits per heavy atom. The molecule has 100 valence electrons. The summed E-state index contributed by atoms with van der Waals surface area (Å²) < 4.78 is 7.67. The molecule has 0 fully saturated rings. The summed E-state index contributed by atoms with van der Waals surface area (Å²) in [6, 6.07) is 10.4. The lowest BCUT2D eigenvalue weighted by atomic mass is 9.93. The maximum Gasteiger partial charge on any atom is 0.0846 e. The lowest BCUT2D eigenvalue weighted by Gasteiger charge is -2.27. The van der Waals surface area contributed by atoms with Crippen LogP contribution in [0.3, 0.4) is 0 Å². The second kappa shape index (κ2) is 5.15. The van der Waals surface area contributed by atoms with E-state index >= 15 is 0 Å². The van der Waals surface area contributed by atoms with Gasteiger partial charge in [0.25, 0.3) is 0 Å². The SMILES string of the molecule is Cn1ccc(C(N)CC2OCCc3ccccc32)n1. The molecule has 0 aliphatic carbocycles. The first-order chi connectivity index (χ1) is 9.24. The van der Waals surface area contributed by atoms with Crippen LogP contribution in [-0.4, -0.2) is 16.4 Å². The number of benzene rings is 1. The van der Waals surface area contributed by atoms with E-state index in [1.807, 2.05) is 19.3 Å².